The lowest BCUT2D eigenvalue weighted by molar-refractivity contribution is -0.137. The molecule has 7 nitrogen and oxygen atoms in total. The summed E-state index contributed by atoms with van der Waals surface area (Å²) in [6, 6.07) is 17.1. The molecule has 3 aromatic carbocycles. The molecular weight excluding hydrogens is 469 g/mol. The third kappa shape index (κ3) is 4.48. The number of carbonyl (C=O) groups excluding carboxylic acids is 1. The lowest BCUT2D eigenvalue weighted by Crippen LogP contribution is -2.14. The number of nitrogens with two attached hydrogens (primary N) is 1. The number of hydrogen-bond donors (Lipinski definition) is 2. The maximum atomic E-state index is 13.0. The maximum absolute atomic E-state index is 13.0. The highest BCUT2D eigenvalue weighted by Crippen LogP contribution is 2.32. The number of halogens is 3. The smallest absolute Gasteiger partial charge is 0.384 e. The van der Waals surface area contributed by atoms with E-state index in [2.05, 4.69) is 20.4 Å². The van der Waals surface area contributed by atoms with Crippen LogP contribution in [0.25, 0.3) is 27.8 Å². The zero-order valence-corrected chi connectivity index (χ0v) is 18.9. The van der Waals surface area contributed by atoms with Gasteiger partial charge in [0.25, 0.3) is 5.91 Å². The van der Waals surface area contributed by atoms with Gasteiger partial charge in [-0.25, -0.2) is 14.6 Å². The quantitative estimate of drug-likeness (QED) is 0.341. The summed E-state index contributed by atoms with van der Waals surface area (Å²) in [5, 5.41) is 8.00. The number of anilines is 2. The molecule has 0 aliphatic rings. The highest BCUT2D eigenvalue weighted by Gasteiger charge is 2.30. The van der Waals surface area contributed by atoms with Gasteiger partial charge in [0.05, 0.1) is 17.3 Å². The van der Waals surface area contributed by atoms with Crippen molar-refractivity contribution in [1.82, 2.24) is 19.7 Å². The second-order valence-corrected chi connectivity index (χ2v) is 8.19. The van der Waals surface area contributed by atoms with Gasteiger partial charge in [0.15, 0.2) is 5.82 Å². The van der Waals surface area contributed by atoms with Crippen LogP contribution in [0.2, 0.25) is 0 Å². The third-order valence-electron chi connectivity index (χ3n) is 5.72. The zero-order valence-electron chi connectivity index (χ0n) is 18.9. The average Bonchev–Trinajstić information content (AvgIpc) is 3.28. The Hall–Kier alpha value is -4.73. The van der Waals surface area contributed by atoms with Gasteiger partial charge in [0.2, 0.25) is 0 Å². The van der Waals surface area contributed by atoms with E-state index in [-0.39, 0.29) is 5.56 Å². The third-order valence-corrected chi connectivity index (χ3v) is 5.72. The summed E-state index contributed by atoms with van der Waals surface area (Å²) in [7, 11) is 0. The predicted octanol–water partition coefficient (Wildman–Crippen LogP) is 5.64. The van der Waals surface area contributed by atoms with Crippen molar-refractivity contribution < 1.29 is 18.0 Å². The van der Waals surface area contributed by atoms with E-state index in [1.165, 1.54) is 18.5 Å². The molecule has 10 heteroatoms. The first-order valence-corrected chi connectivity index (χ1v) is 10.8. The lowest BCUT2D eigenvalue weighted by Gasteiger charge is -2.12. The van der Waals surface area contributed by atoms with Crippen LogP contribution < -0.4 is 11.1 Å². The molecule has 0 saturated carbocycles. The van der Waals surface area contributed by atoms with Crippen molar-refractivity contribution in [3.05, 3.63) is 95.9 Å². The molecule has 5 rings (SSSR count). The van der Waals surface area contributed by atoms with Crippen molar-refractivity contribution in [3.8, 4) is 16.9 Å². The molecule has 36 heavy (non-hydrogen) atoms. The van der Waals surface area contributed by atoms with Crippen LogP contribution in [-0.4, -0.2) is 25.7 Å². The Morgan fingerprint density at radius 2 is 1.83 bits per heavy atom. The molecule has 0 fully saturated rings. The Bertz CT molecular complexity index is 1610. The van der Waals surface area contributed by atoms with Gasteiger partial charge in [-0.3, -0.25) is 4.79 Å². The summed E-state index contributed by atoms with van der Waals surface area (Å²) >= 11 is 0. The Balaban J connectivity index is 1.48. The van der Waals surface area contributed by atoms with Crippen molar-refractivity contribution in [2.24, 2.45) is 0 Å². The molecule has 0 radical (unpaired) electrons. The van der Waals surface area contributed by atoms with E-state index in [1.54, 1.807) is 29.1 Å². The normalized spacial score (nSPS) is 11.6. The van der Waals surface area contributed by atoms with Gasteiger partial charge < -0.3 is 11.1 Å². The predicted molar refractivity (Wildman–Crippen MR) is 131 cm³/mol. The fraction of sp³-hybridized carbons (Fsp3) is 0.0769. The first-order chi connectivity index (χ1) is 17.2. The van der Waals surface area contributed by atoms with Gasteiger partial charge in [-0.05, 0) is 60.0 Å². The zero-order chi connectivity index (χ0) is 25.4. The highest BCUT2D eigenvalue weighted by atomic mass is 19.4. The van der Waals surface area contributed by atoms with E-state index in [9.17, 15) is 18.0 Å². The van der Waals surface area contributed by atoms with Crippen molar-refractivity contribution in [3.63, 3.8) is 0 Å². The van der Waals surface area contributed by atoms with E-state index >= 15 is 0 Å². The van der Waals surface area contributed by atoms with Crippen LogP contribution in [-0.2, 0) is 6.18 Å². The molecule has 3 N–H and O–H groups in total. The van der Waals surface area contributed by atoms with Gasteiger partial charge in [0, 0.05) is 22.7 Å². The van der Waals surface area contributed by atoms with Crippen LogP contribution in [0.5, 0.6) is 0 Å². The molecule has 0 saturated heterocycles. The standard InChI is InChI=1S/C26H19F3N6O/c1-15-5-8-20(34-25(36)17-3-2-4-19(9-17)26(27,28)29)11-21(15)16-6-7-18-13-33-35(22(18)10-16)24-12-23(30)31-14-32-24/h2-14H,1H3,(H,34,36)(H2,30,31,32). The van der Waals surface area contributed by atoms with Crippen LogP contribution in [0.15, 0.2) is 79.3 Å². The van der Waals surface area contributed by atoms with E-state index in [1.807, 2.05) is 31.2 Å². The monoisotopic (exact) mass is 488 g/mol. The van der Waals surface area contributed by atoms with Crippen LogP contribution in [0.1, 0.15) is 21.5 Å². The average molecular weight is 488 g/mol. The van der Waals surface area contributed by atoms with Crippen LogP contribution in [0.4, 0.5) is 24.7 Å². The first kappa shape index (κ1) is 23.0. The molecule has 5 aromatic rings. The number of fused-ring (bicyclic) bond motifs is 1. The number of nitrogen functional groups attached to an aromatic ring is 1. The fourth-order valence-corrected chi connectivity index (χ4v) is 3.90. The molecule has 2 heterocycles. The molecule has 180 valence electrons. The van der Waals surface area contributed by atoms with Gasteiger partial charge in [0.1, 0.15) is 12.1 Å². The Morgan fingerprint density at radius 1 is 1.00 bits per heavy atom. The minimum Gasteiger partial charge on any atom is -0.384 e. The van der Waals surface area contributed by atoms with E-state index in [4.69, 9.17) is 5.73 Å². The molecule has 0 bridgehead atoms. The van der Waals surface area contributed by atoms with Crippen LogP contribution in [0.3, 0.4) is 0 Å². The van der Waals surface area contributed by atoms with Crippen molar-refractivity contribution >= 4 is 28.3 Å². The molecule has 0 spiro atoms. The van der Waals surface area contributed by atoms with Gasteiger partial charge >= 0.3 is 6.18 Å². The number of nitrogens with one attached hydrogen (secondary N) is 1. The van der Waals surface area contributed by atoms with Crippen LogP contribution in [0, 0.1) is 6.92 Å². The number of amides is 1. The van der Waals surface area contributed by atoms with Crippen molar-refractivity contribution in [2.45, 2.75) is 13.1 Å². The number of aryl methyl sites for hydroxylation is 1. The molecule has 1 amide bonds. The van der Waals surface area contributed by atoms with Gasteiger partial charge in [-0.1, -0.05) is 24.3 Å². The Kier molecular flexibility index (Phi) is 5.63. The van der Waals surface area contributed by atoms with E-state index in [0.29, 0.717) is 17.3 Å². The SMILES string of the molecule is Cc1ccc(NC(=O)c2cccc(C(F)(F)F)c2)cc1-c1ccc2cnn(-c3cc(N)ncn3)c2c1. The van der Waals surface area contributed by atoms with Crippen molar-refractivity contribution in [1.29, 1.82) is 0 Å². The summed E-state index contributed by atoms with van der Waals surface area (Å²) < 4.78 is 40.8. The summed E-state index contributed by atoms with van der Waals surface area (Å²) in [5.74, 6) is 0.208. The summed E-state index contributed by atoms with van der Waals surface area (Å²) in [5.41, 5.74) is 8.73. The molecule has 0 atom stereocenters. The maximum Gasteiger partial charge on any atom is 0.416 e. The van der Waals surface area contributed by atoms with E-state index < -0.39 is 17.6 Å². The summed E-state index contributed by atoms with van der Waals surface area (Å²) in [4.78, 5) is 20.8. The molecule has 0 unspecified atom stereocenters. The summed E-state index contributed by atoms with van der Waals surface area (Å²) in [6.07, 6.45) is -1.45. The molecule has 0 aliphatic heterocycles. The Labute approximate surface area is 203 Å². The number of nitrogens with zero attached hydrogens (tertiary/aromatic N) is 4. The Morgan fingerprint density at radius 3 is 2.61 bits per heavy atom. The second kappa shape index (κ2) is 8.81. The molecule has 0 aliphatic carbocycles. The topological polar surface area (TPSA) is 98.7 Å². The van der Waals surface area contributed by atoms with Gasteiger partial charge in [-0.2, -0.15) is 18.3 Å². The van der Waals surface area contributed by atoms with E-state index in [0.717, 1.165) is 39.7 Å². The van der Waals surface area contributed by atoms with Crippen molar-refractivity contribution in [2.75, 3.05) is 11.1 Å². The number of hydrogen-bond acceptors (Lipinski definition) is 5. The second-order valence-electron chi connectivity index (χ2n) is 8.19. The fourth-order valence-electron chi connectivity index (χ4n) is 3.90. The number of alkyl halides is 3. The first-order valence-electron chi connectivity index (χ1n) is 10.8. The summed E-state index contributed by atoms with van der Waals surface area (Å²) in [6.45, 7) is 1.93. The minimum atomic E-state index is -4.53. The van der Waals surface area contributed by atoms with Gasteiger partial charge in [-0.15, -0.1) is 0 Å². The molecule has 2 aromatic heterocycles. The minimum absolute atomic E-state index is 0.0820. The number of benzene rings is 3. The highest BCUT2D eigenvalue weighted by molar-refractivity contribution is 6.04. The number of aromatic nitrogens is 4. The number of carbonyl (C=O) groups is 1. The largest absolute Gasteiger partial charge is 0.416 e. The number of rotatable bonds is 4. The van der Waals surface area contributed by atoms with Crippen LogP contribution >= 0.6 is 0 Å². The lowest BCUT2D eigenvalue weighted by atomic mass is 9.99. The molecular formula is C26H19F3N6O.